The Morgan fingerprint density at radius 1 is 0.930 bits per heavy atom. The van der Waals surface area contributed by atoms with Crippen molar-refractivity contribution >= 4 is 23.5 Å². The number of halogens is 1. The Kier molecular flexibility index (Phi) is 17.4. The molecule has 4 nitrogen and oxygen atoms in total. The van der Waals surface area contributed by atoms with E-state index in [1.165, 1.54) is 17.7 Å². The monoisotopic (exact) mass is 558 g/mol. The summed E-state index contributed by atoms with van der Waals surface area (Å²) in [7, 11) is 1.66. The zero-order valence-corrected chi connectivity index (χ0v) is 25.8. The number of piperidine rings is 1. The van der Waals surface area contributed by atoms with Crippen LogP contribution in [-0.2, 0) is 0 Å². The molecule has 0 atom stereocenters. The van der Waals surface area contributed by atoms with E-state index in [-0.39, 0.29) is 62.8 Å². The average molecular weight is 559 g/mol. The molecule has 1 fully saturated rings. The van der Waals surface area contributed by atoms with E-state index in [4.69, 9.17) is 0 Å². The molecule has 4 aromatic carbocycles. The van der Waals surface area contributed by atoms with Crippen molar-refractivity contribution in [3.8, 4) is 0 Å². The van der Waals surface area contributed by atoms with Crippen LogP contribution in [0.3, 0.4) is 0 Å². The fourth-order valence-corrected chi connectivity index (χ4v) is 4.40. The molecule has 43 heavy (non-hydrogen) atoms. The van der Waals surface area contributed by atoms with Gasteiger partial charge in [-0.25, -0.2) is 16.1 Å². The molecule has 0 aliphatic carbocycles. The number of likely N-dealkylation sites (tertiary alicyclic amines) is 1. The van der Waals surface area contributed by atoms with E-state index in [2.05, 4.69) is 46.9 Å². The van der Waals surface area contributed by atoms with Crippen LogP contribution in [0.4, 0.5) is 10.1 Å². The van der Waals surface area contributed by atoms with E-state index >= 15 is 0 Å². The molecule has 1 aliphatic heterocycles. The number of nitrogens with zero attached hydrogens (tertiary/aromatic N) is 3. The summed E-state index contributed by atoms with van der Waals surface area (Å²) < 4.78 is 13.6. The van der Waals surface area contributed by atoms with Gasteiger partial charge >= 0.3 is 37.7 Å². The molecular formula is C36H35FLi2N3O-3. The first kappa shape index (κ1) is 37.7. The van der Waals surface area contributed by atoms with Crippen molar-refractivity contribution in [2.45, 2.75) is 19.8 Å². The number of carbonyl (C=O) groups is 1. The Morgan fingerprint density at radius 3 is 2.21 bits per heavy atom. The molecule has 1 saturated heterocycles. The first-order valence-electron chi connectivity index (χ1n) is 13.4. The fourth-order valence-electron chi connectivity index (χ4n) is 4.40. The van der Waals surface area contributed by atoms with Gasteiger partial charge in [-0.1, -0.05) is 31.0 Å². The molecule has 5 rings (SSSR count). The number of amides is 1. The first-order valence-corrected chi connectivity index (χ1v) is 13.4. The molecule has 1 heterocycles. The minimum Gasteiger partial charge on any atom is -0.481 e. The Morgan fingerprint density at radius 2 is 1.65 bits per heavy atom. The molecule has 7 heteroatoms. The topological polar surface area (TPSA) is 45.0 Å². The first-order chi connectivity index (χ1) is 19.6. The zero-order valence-electron chi connectivity index (χ0n) is 25.8. The molecule has 4 aromatic rings. The molecular weight excluding hydrogens is 523 g/mol. The third kappa shape index (κ3) is 11.4. The van der Waals surface area contributed by atoms with Gasteiger partial charge < -0.3 is 22.3 Å². The van der Waals surface area contributed by atoms with E-state index in [0.717, 1.165) is 24.1 Å². The van der Waals surface area contributed by atoms with E-state index in [1.807, 2.05) is 60.4 Å². The van der Waals surface area contributed by atoms with Crippen molar-refractivity contribution in [3.63, 3.8) is 0 Å². The second-order valence-electron chi connectivity index (χ2n) is 9.33. The SMILES string of the molecule is CN=C(c1[c-]cc(C(=O)N2CCC([C-]=Nc3[c-]cccc3)CC2)cc1)c1cccc(F)c1.C[CH-]c1ccccc1.[CH3-].[Li+].[Li+]. The number of benzene rings is 4. The number of rotatable bonds is 6. The average Bonchev–Trinajstić information content (AvgIpc) is 3.02. The Bertz CT molecular complexity index is 1420. The van der Waals surface area contributed by atoms with E-state index in [0.29, 0.717) is 29.9 Å². The van der Waals surface area contributed by atoms with Crippen LogP contribution in [0.1, 0.15) is 46.8 Å². The molecule has 0 aromatic heterocycles. The molecule has 0 spiro atoms. The van der Waals surface area contributed by atoms with Gasteiger partial charge in [-0.15, -0.1) is 42.0 Å². The zero-order chi connectivity index (χ0) is 28.2. The van der Waals surface area contributed by atoms with Crippen LogP contribution in [0.25, 0.3) is 0 Å². The molecule has 0 radical (unpaired) electrons. The molecule has 212 valence electrons. The molecule has 0 bridgehead atoms. The normalized spacial score (nSPS) is 13.0. The predicted molar refractivity (Wildman–Crippen MR) is 166 cm³/mol. The van der Waals surface area contributed by atoms with Gasteiger partial charge in [0.25, 0.3) is 0 Å². The van der Waals surface area contributed by atoms with Crippen molar-refractivity contribution in [1.29, 1.82) is 0 Å². The van der Waals surface area contributed by atoms with Gasteiger partial charge in [-0.3, -0.25) is 10.9 Å². The number of aliphatic imine (C=N–C) groups is 2. The predicted octanol–water partition coefficient (Wildman–Crippen LogP) is 1.74. The number of hydrogen-bond donors (Lipinski definition) is 0. The second-order valence-corrected chi connectivity index (χ2v) is 9.33. The third-order valence-corrected chi connectivity index (χ3v) is 6.61. The summed E-state index contributed by atoms with van der Waals surface area (Å²) in [6, 6.07) is 35.6. The Labute approximate surface area is 280 Å². The van der Waals surface area contributed by atoms with E-state index in [9.17, 15) is 9.18 Å². The molecule has 0 saturated carbocycles. The largest absolute Gasteiger partial charge is 1.00 e. The van der Waals surface area contributed by atoms with Crippen LogP contribution in [0.15, 0.2) is 107 Å². The minimum absolute atomic E-state index is 0. The van der Waals surface area contributed by atoms with Gasteiger partial charge in [0, 0.05) is 20.1 Å². The molecule has 0 N–H and O–H groups in total. The molecule has 1 amide bonds. The summed E-state index contributed by atoms with van der Waals surface area (Å²) in [5, 5.41) is 0. The number of hydrogen-bond acceptors (Lipinski definition) is 3. The van der Waals surface area contributed by atoms with Gasteiger partial charge in [0.15, 0.2) is 0 Å². The third-order valence-electron chi connectivity index (χ3n) is 6.61. The van der Waals surface area contributed by atoms with Gasteiger partial charge in [0.05, 0.1) is 0 Å². The number of para-hydroxylation sites is 1. The molecule has 1 aliphatic rings. The summed E-state index contributed by atoms with van der Waals surface area (Å²) in [6.07, 6.45) is 6.93. The maximum atomic E-state index is 13.6. The summed E-state index contributed by atoms with van der Waals surface area (Å²) >= 11 is 0. The summed E-state index contributed by atoms with van der Waals surface area (Å²) in [4.78, 5) is 23.4. The van der Waals surface area contributed by atoms with Gasteiger partial charge in [0.2, 0.25) is 5.91 Å². The smallest absolute Gasteiger partial charge is 0.481 e. The van der Waals surface area contributed by atoms with Gasteiger partial charge in [-0.2, -0.15) is 48.5 Å². The van der Waals surface area contributed by atoms with Crippen molar-refractivity contribution < 1.29 is 46.9 Å². The van der Waals surface area contributed by atoms with E-state index < -0.39 is 0 Å². The minimum atomic E-state index is -0.317. The van der Waals surface area contributed by atoms with Crippen LogP contribution in [-0.4, -0.2) is 42.9 Å². The van der Waals surface area contributed by atoms with Crippen LogP contribution in [0, 0.1) is 37.7 Å². The van der Waals surface area contributed by atoms with Crippen molar-refractivity contribution in [1.82, 2.24) is 4.90 Å². The summed E-state index contributed by atoms with van der Waals surface area (Å²) in [5.74, 6) is -0.0976. The maximum absolute atomic E-state index is 13.6. The Hall–Kier alpha value is -3.32. The number of carbonyl (C=O) groups excluding carboxylic acids is 1. The van der Waals surface area contributed by atoms with Gasteiger partial charge in [-0.05, 0) is 41.8 Å². The van der Waals surface area contributed by atoms with Crippen molar-refractivity contribution in [2.75, 3.05) is 20.1 Å². The summed E-state index contributed by atoms with van der Waals surface area (Å²) in [5.41, 5.74) is 4.67. The van der Waals surface area contributed by atoms with Crippen LogP contribution in [0.2, 0.25) is 0 Å². The fraction of sp³-hybridized carbons (Fsp3) is 0.194. The van der Waals surface area contributed by atoms with Crippen LogP contribution < -0.4 is 37.7 Å². The standard InChI is InChI=1S/C27H23FN3O.C8H9.CH3.2Li/c1-29-26(23-6-5-7-24(28)18-23)21-10-12-22(13-11-21)27(32)31-16-14-20(15-17-31)19-30-25-8-3-2-4-9-25;1-2-8-6-4-3-5-7-8;;;/h2-8,10,12-13,18,20H,14-17H2,1H3;2-7H,1H3;1H3;;/q-3;2*-1;2*+1. The Balaban J connectivity index is 0.000000733. The maximum Gasteiger partial charge on any atom is 1.00 e. The van der Waals surface area contributed by atoms with Crippen molar-refractivity contribution in [3.05, 3.63) is 151 Å². The quantitative estimate of drug-likeness (QED) is 0.202. The summed E-state index contributed by atoms with van der Waals surface area (Å²) in [6.45, 7) is 3.36. The van der Waals surface area contributed by atoms with Crippen LogP contribution in [0.5, 0.6) is 0 Å². The van der Waals surface area contributed by atoms with Crippen molar-refractivity contribution in [2.24, 2.45) is 15.9 Å². The van der Waals surface area contributed by atoms with Gasteiger partial charge in [0.1, 0.15) is 5.82 Å². The van der Waals surface area contributed by atoms with E-state index in [1.54, 1.807) is 31.3 Å². The second kappa shape index (κ2) is 19.8. The van der Waals surface area contributed by atoms with Crippen LogP contribution >= 0.6 is 0 Å². The molecule has 0 unspecified atom stereocenters.